The average Bonchev–Trinajstić information content (AvgIpc) is 2.79. The molecule has 0 fully saturated rings. The molecule has 0 aliphatic carbocycles. The minimum absolute atomic E-state index is 0.143. The molecule has 0 aliphatic heterocycles. The topological polar surface area (TPSA) is 52.3 Å². The lowest BCUT2D eigenvalue weighted by atomic mass is 10.2. The van der Waals surface area contributed by atoms with Gasteiger partial charge in [0.2, 0.25) is 5.89 Å². The number of benzene rings is 1. The van der Waals surface area contributed by atoms with E-state index in [1.807, 2.05) is 30.3 Å². The number of esters is 1. The van der Waals surface area contributed by atoms with Crippen LogP contribution in [0.4, 0.5) is 0 Å². The van der Waals surface area contributed by atoms with Crippen LogP contribution in [-0.4, -0.2) is 17.6 Å². The average molecular weight is 231 g/mol. The van der Waals surface area contributed by atoms with Gasteiger partial charge in [-0.05, 0) is 19.1 Å². The summed E-state index contributed by atoms with van der Waals surface area (Å²) >= 11 is 0. The predicted molar refractivity (Wildman–Crippen MR) is 62.3 cm³/mol. The zero-order valence-corrected chi connectivity index (χ0v) is 9.55. The molecule has 0 N–H and O–H groups in total. The molecular weight excluding hydrogens is 218 g/mol. The molecule has 0 atom stereocenters. The molecule has 88 valence electrons. The highest BCUT2D eigenvalue weighted by atomic mass is 16.5. The molecule has 0 saturated heterocycles. The van der Waals surface area contributed by atoms with E-state index in [4.69, 9.17) is 9.15 Å². The Morgan fingerprint density at radius 3 is 2.82 bits per heavy atom. The largest absolute Gasteiger partial charge is 0.466 e. The lowest BCUT2D eigenvalue weighted by Gasteiger charge is -1.97. The third-order valence-corrected chi connectivity index (χ3v) is 2.20. The lowest BCUT2D eigenvalue weighted by Crippen LogP contribution is -2.07. The molecule has 0 saturated carbocycles. The molecule has 1 heterocycles. The number of nitrogens with zero attached hydrogens (tertiary/aromatic N) is 1. The zero-order chi connectivity index (χ0) is 12.1. The predicted octanol–water partition coefficient (Wildman–Crippen LogP) is 2.45. The fourth-order valence-corrected chi connectivity index (χ4v) is 1.46. The van der Waals surface area contributed by atoms with Gasteiger partial charge in [0, 0.05) is 5.56 Å². The van der Waals surface area contributed by atoms with E-state index in [1.165, 1.54) is 6.26 Å². The van der Waals surface area contributed by atoms with Crippen LogP contribution in [0.25, 0.3) is 11.5 Å². The Morgan fingerprint density at radius 1 is 1.35 bits per heavy atom. The maximum absolute atomic E-state index is 11.3. The smallest absolute Gasteiger partial charge is 0.311 e. The molecule has 0 unspecified atom stereocenters. The van der Waals surface area contributed by atoms with Gasteiger partial charge in [-0.2, -0.15) is 0 Å². The van der Waals surface area contributed by atoms with Crippen LogP contribution in [0, 0.1) is 0 Å². The number of oxazole rings is 1. The fraction of sp³-hybridized carbons (Fsp3) is 0.231. The Hall–Kier alpha value is -2.10. The number of aromatic nitrogens is 1. The van der Waals surface area contributed by atoms with Gasteiger partial charge in [0.15, 0.2) is 0 Å². The first-order valence-corrected chi connectivity index (χ1v) is 5.45. The molecule has 2 rings (SSSR count). The number of rotatable bonds is 4. The van der Waals surface area contributed by atoms with Crippen LogP contribution in [0.3, 0.4) is 0 Å². The summed E-state index contributed by atoms with van der Waals surface area (Å²) in [4.78, 5) is 15.5. The fourth-order valence-electron chi connectivity index (χ4n) is 1.46. The second-order valence-corrected chi connectivity index (χ2v) is 3.49. The molecular formula is C13H13NO3. The Kier molecular flexibility index (Phi) is 3.55. The van der Waals surface area contributed by atoms with Crippen LogP contribution in [0.1, 0.15) is 12.6 Å². The van der Waals surface area contributed by atoms with E-state index >= 15 is 0 Å². The molecule has 0 aliphatic rings. The summed E-state index contributed by atoms with van der Waals surface area (Å²) in [5.41, 5.74) is 1.48. The molecule has 4 heteroatoms. The van der Waals surface area contributed by atoms with E-state index in [9.17, 15) is 4.79 Å². The second kappa shape index (κ2) is 5.30. The first-order valence-electron chi connectivity index (χ1n) is 5.45. The van der Waals surface area contributed by atoms with Crippen molar-refractivity contribution in [2.75, 3.05) is 6.61 Å². The first kappa shape index (κ1) is 11.4. The van der Waals surface area contributed by atoms with E-state index in [1.54, 1.807) is 6.92 Å². The monoisotopic (exact) mass is 231 g/mol. The van der Waals surface area contributed by atoms with Crippen molar-refractivity contribution in [3.05, 3.63) is 42.3 Å². The Balaban J connectivity index is 2.09. The van der Waals surface area contributed by atoms with Crippen LogP contribution < -0.4 is 0 Å². The third-order valence-electron chi connectivity index (χ3n) is 2.20. The zero-order valence-electron chi connectivity index (χ0n) is 9.55. The van der Waals surface area contributed by atoms with Crippen molar-refractivity contribution in [3.8, 4) is 11.5 Å². The Morgan fingerprint density at radius 2 is 2.12 bits per heavy atom. The Bertz CT molecular complexity index is 490. The Labute approximate surface area is 99.2 Å². The quantitative estimate of drug-likeness (QED) is 0.758. The summed E-state index contributed by atoms with van der Waals surface area (Å²) in [6.45, 7) is 2.15. The molecule has 17 heavy (non-hydrogen) atoms. The van der Waals surface area contributed by atoms with Crippen molar-refractivity contribution in [2.24, 2.45) is 0 Å². The van der Waals surface area contributed by atoms with E-state index in [0.717, 1.165) is 5.56 Å². The van der Waals surface area contributed by atoms with Gasteiger partial charge in [0.05, 0.1) is 18.7 Å². The third kappa shape index (κ3) is 2.93. The van der Waals surface area contributed by atoms with Crippen molar-refractivity contribution < 1.29 is 13.9 Å². The lowest BCUT2D eigenvalue weighted by molar-refractivity contribution is -0.142. The number of carbonyl (C=O) groups is 1. The molecule has 0 bridgehead atoms. The summed E-state index contributed by atoms with van der Waals surface area (Å²) in [6, 6.07) is 9.54. The standard InChI is InChI=1S/C13H13NO3/c1-2-16-12(15)8-11-9-17-13(14-11)10-6-4-3-5-7-10/h3-7,9H,2,8H2,1H3. The van der Waals surface area contributed by atoms with E-state index in [-0.39, 0.29) is 12.4 Å². The molecule has 1 aromatic heterocycles. The summed E-state index contributed by atoms with van der Waals surface area (Å²) in [7, 11) is 0. The van der Waals surface area contributed by atoms with Crippen LogP contribution in [0.15, 0.2) is 41.0 Å². The van der Waals surface area contributed by atoms with Crippen LogP contribution >= 0.6 is 0 Å². The molecule has 4 nitrogen and oxygen atoms in total. The minimum Gasteiger partial charge on any atom is -0.466 e. The molecule has 0 spiro atoms. The van der Waals surface area contributed by atoms with Gasteiger partial charge >= 0.3 is 5.97 Å². The van der Waals surface area contributed by atoms with Gasteiger partial charge in [-0.25, -0.2) is 4.98 Å². The summed E-state index contributed by atoms with van der Waals surface area (Å²) < 4.78 is 10.2. The maximum Gasteiger partial charge on any atom is 0.311 e. The molecule has 1 aromatic carbocycles. The number of hydrogen-bond donors (Lipinski definition) is 0. The van der Waals surface area contributed by atoms with E-state index in [0.29, 0.717) is 18.2 Å². The van der Waals surface area contributed by atoms with Crippen LogP contribution in [0.2, 0.25) is 0 Å². The summed E-state index contributed by atoms with van der Waals surface area (Å²) in [5, 5.41) is 0. The number of ether oxygens (including phenoxy) is 1. The molecule has 2 aromatic rings. The summed E-state index contributed by atoms with van der Waals surface area (Å²) in [6.07, 6.45) is 1.63. The highest BCUT2D eigenvalue weighted by Gasteiger charge is 2.10. The normalized spacial score (nSPS) is 10.2. The van der Waals surface area contributed by atoms with Gasteiger partial charge in [0.25, 0.3) is 0 Å². The van der Waals surface area contributed by atoms with Gasteiger partial charge in [-0.1, -0.05) is 18.2 Å². The number of carbonyl (C=O) groups excluding carboxylic acids is 1. The molecule has 0 amide bonds. The number of hydrogen-bond acceptors (Lipinski definition) is 4. The van der Waals surface area contributed by atoms with Gasteiger partial charge in [-0.3, -0.25) is 4.79 Å². The minimum atomic E-state index is -0.291. The first-order chi connectivity index (χ1) is 8.29. The van der Waals surface area contributed by atoms with Gasteiger partial charge in [-0.15, -0.1) is 0 Å². The van der Waals surface area contributed by atoms with E-state index in [2.05, 4.69) is 4.98 Å². The van der Waals surface area contributed by atoms with E-state index < -0.39 is 0 Å². The van der Waals surface area contributed by atoms with Gasteiger partial charge in [0.1, 0.15) is 6.26 Å². The van der Waals surface area contributed by atoms with Crippen molar-refractivity contribution in [1.82, 2.24) is 4.98 Å². The van der Waals surface area contributed by atoms with Crippen molar-refractivity contribution in [2.45, 2.75) is 13.3 Å². The van der Waals surface area contributed by atoms with Gasteiger partial charge < -0.3 is 9.15 Å². The van der Waals surface area contributed by atoms with Crippen molar-refractivity contribution in [1.29, 1.82) is 0 Å². The van der Waals surface area contributed by atoms with Crippen LogP contribution in [-0.2, 0) is 16.0 Å². The maximum atomic E-state index is 11.3. The second-order valence-electron chi connectivity index (χ2n) is 3.49. The highest BCUT2D eigenvalue weighted by Crippen LogP contribution is 2.18. The molecule has 0 radical (unpaired) electrons. The highest BCUT2D eigenvalue weighted by molar-refractivity contribution is 5.72. The van der Waals surface area contributed by atoms with Crippen molar-refractivity contribution in [3.63, 3.8) is 0 Å². The SMILES string of the molecule is CCOC(=O)Cc1coc(-c2ccccc2)n1. The van der Waals surface area contributed by atoms with Crippen LogP contribution in [0.5, 0.6) is 0 Å². The van der Waals surface area contributed by atoms with Crippen molar-refractivity contribution >= 4 is 5.97 Å². The summed E-state index contributed by atoms with van der Waals surface area (Å²) in [5.74, 6) is 0.227.